The van der Waals surface area contributed by atoms with Crippen molar-refractivity contribution >= 4 is 50.0 Å². The topological polar surface area (TPSA) is 51.2 Å². The summed E-state index contributed by atoms with van der Waals surface area (Å²) < 4.78 is 4.41. The van der Waals surface area contributed by atoms with Crippen LogP contribution in [-0.4, -0.2) is 23.9 Å². The van der Waals surface area contributed by atoms with Gasteiger partial charge in [-0.1, -0.05) is 48.0 Å². The van der Waals surface area contributed by atoms with E-state index in [0.717, 1.165) is 56.5 Å². The predicted octanol–water partition coefficient (Wildman–Crippen LogP) is 6.80. The van der Waals surface area contributed by atoms with Gasteiger partial charge >= 0.3 is 0 Å². The van der Waals surface area contributed by atoms with Crippen molar-refractivity contribution < 1.29 is 20.1 Å². The van der Waals surface area contributed by atoms with Gasteiger partial charge in [-0.25, -0.2) is 16.5 Å². The molecule has 8 rings (SSSR count). The van der Waals surface area contributed by atoms with Gasteiger partial charge in [-0.2, -0.15) is 0 Å². The van der Waals surface area contributed by atoms with E-state index in [0.29, 0.717) is 0 Å². The van der Waals surface area contributed by atoms with Gasteiger partial charge in [-0.15, -0.1) is 17.8 Å². The van der Waals surface area contributed by atoms with Crippen molar-refractivity contribution in [3.05, 3.63) is 109 Å². The Morgan fingerprint density at radius 2 is 1.59 bits per heavy atom. The van der Waals surface area contributed by atoms with Crippen molar-refractivity contribution in [2.75, 3.05) is 4.90 Å². The molecule has 1 aliphatic heterocycles. The van der Waals surface area contributed by atoms with E-state index < -0.39 is 0 Å². The number of rotatable bonds is 3. The number of imidazole rings is 2. The number of hydrogen-bond acceptors (Lipinski definition) is 5. The molecule has 5 aromatic heterocycles. The molecule has 0 spiro atoms. The van der Waals surface area contributed by atoms with Crippen LogP contribution >= 0.6 is 11.3 Å². The summed E-state index contributed by atoms with van der Waals surface area (Å²) in [7, 11) is 0. The van der Waals surface area contributed by atoms with Crippen LogP contribution in [0.4, 0.5) is 11.5 Å². The maximum absolute atomic E-state index is 5.16. The number of benzene rings is 2. The van der Waals surface area contributed by atoms with Crippen molar-refractivity contribution in [1.82, 2.24) is 23.9 Å². The second kappa shape index (κ2) is 8.63. The predicted molar refractivity (Wildman–Crippen MR) is 145 cm³/mol. The van der Waals surface area contributed by atoms with E-state index >= 15 is 0 Å². The quantitative estimate of drug-likeness (QED) is 0.194. The molecule has 6 heterocycles. The van der Waals surface area contributed by atoms with E-state index in [-0.39, 0.29) is 20.1 Å². The van der Waals surface area contributed by atoms with Crippen LogP contribution in [0, 0.1) is 6.54 Å². The van der Waals surface area contributed by atoms with Crippen molar-refractivity contribution in [3.63, 3.8) is 0 Å². The average Bonchev–Trinajstić information content (AvgIpc) is 3.68. The van der Waals surface area contributed by atoms with E-state index in [1.165, 1.54) is 11.3 Å². The minimum absolute atomic E-state index is 0. The number of thiophene rings is 1. The van der Waals surface area contributed by atoms with Crippen molar-refractivity contribution in [2.45, 2.75) is 6.42 Å². The van der Waals surface area contributed by atoms with Gasteiger partial charge in [0.1, 0.15) is 22.0 Å². The Bertz CT molecular complexity index is 1920. The molecule has 7 aromatic rings. The fraction of sp³-hybridized carbons (Fsp3) is 0.0345. The fourth-order valence-corrected chi connectivity index (χ4v) is 6.20. The SMILES string of the molecule is [Ir].c1ccc(-c2csc3c2nc2n(-c4cccc(N5[CH-]Cc6ccccc65)n4)c4ccccc4n32)nc1. The third-order valence-electron chi connectivity index (χ3n) is 6.81. The third-order valence-corrected chi connectivity index (χ3v) is 7.76. The van der Waals surface area contributed by atoms with Crippen LogP contribution in [0.2, 0.25) is 0 Å². The zero-order valence-corrected chi connectivity index (χ0v) is 22.7. The largest absolute Gasteiger partial charge is 0.478 e. The first kappa shape index (κ1) is 22.4. The van der Waals surface area contributed by atoms with Crippen molar-refractivity contribution in [1.29, 1.82) is 0 Å². The van der Waals surface area contributed by atoms with Gasteiger partial charge in [0, 0.05) is 42.9 Å². The second-order valence-electron chi connectivity index (χ2n) is 8.83. The van der Waals surface area contributed by atoms with Crippen LogP contribution in [0.1, 0.15) is 5.56 Å². The molecule has 0 aliphatic carbocycles. The Labute approximate surface area is 230 Å². The number of pyridine rings is 2. The molecule has 8 heteroatoms. The van der Waals surface area contributed by atoms with Crippen LogP contribution in [0.5, 0.6) is 0 Å². The van der Waals surface area contributed by atoms with Gasteiger partial charge in [0.15, 0.2) is 0 Å². The van der Waals surface area contributed by atoms with Crippen LogP contribution in [-0.2, 0) is 26.5 Å². The standard InChI is InChI=1S/C29H19N6S.Ir/c1-2-10-22-19(8-1)15-17-33(22)25-13-7-14-26(31-25)34-23-11-3-4-12-24(23)35-28-27(32-29(34)35)20(18-36-28)21-9-5-6-16-30-21;/h1-14,16-18H,15H2;/q-1;. The molecule has 37 heavy (non-hydrogen) atoms. The number of nitrogens with zero attached hydrogens (tertiary/aromatic N) is 6. The van der Waals surface area contributed by atoms with E-state index in [1.807, 2.05) is 24.4 Å². The molecule has 0 atom stereocenters. The van der Waals surface area contributed by atoms with Crippen molar-refractivity contribution in [3.8, 4) is 17.1 Å². The second-order valence-corrected chi connectivity index (χ2v) is 9.69. The maximum Gasteiger partial charge on any atom is 0.222 e. The Morgan fingerprint density at radius 1 is 0.784 bits per heavy atom. The Balaban J connectivity index is 0.00000231. The van der Waals surface area contributed by atoms with Crippen LogP contribution < -0.4 is 4.90 Å². The molecule has 181 valence electrons. The van der Waals surface area contributed by atoms with Crippen molar-refractivity contribution in [2.24, 2.45) is 0 Å². The summed E-state index contributed by atoms with van der Waals surface area (Å²) in [6, 6.07) is 29.1. The first-order chi connectivity index (χ1) is 17.9. The summed E-state index contributed by atoms with van der Waals surface area (Å²) >= 11 is 1.70. The van der Waals surface area contributed by atoms with Gasteiger partial charge in [0.05, 0.1) is 16.7 Å². The summed E-state index contributed by atoms with van der Waals surface area (Å²) in [6.45, 7) is 2.20. The summed E-state index contributed by atoms with van der Waals surface area (Å²) in [4.78, 5) is 18.2. The Hall–Kier alpha value is -3.84. The molecule has 1 radical (unpaired) electrons. The van der Waals surface area contributed by atoms with E-state index in [2.05, 4.69) is 97.5 Å². The first-order valence-electron chi connectivity index (χ1n) is 11.9. The third kappa shape index (κ3) is 3.30. The zero-order valence-electron chi connectivity index (χ0n) is 19.4. The first-order valence-corrected chi connectivity index (χ1v) is 12.7. The summed E-state index contributed by atoms with van der Waals surface area (Å²) in [5.74, 6) is 2.59. The summed E-state index contributed by atoms with van der Waals surface area (Å²) in [6.07, 6.45) is 2.73. The molecule has 1 aliphatic rings. The molecule has 0 unspecified atom stereocenters. The molecule has 0 saturated heterocycles. The van der Waals surface area contributed by atoms with E-state index in [1.54, 1.807) is 11.3 Å². The molecule has 0 fully saturated rings. The normalized spacial score (nSPS) is 12.9. The van der Waals surface area contributed by atoms with Gasteiger partial charge < -0.3 is 4.90 Å². The summed E-state index contributed by atoms with van der Waals surface area (Å²) in [5, 5.41) is 2.15. The number of anilines is 2. The molecular formula is C29H19IrN6S-. The Kier molecular flexibility index (Phi) is 5.21. The number of fused-ring (bicyclic) bond motifs is 6. The molecule has 6 nitrogen and oxygen atoms in total. The average molecular weight is 676 g/mol. The molecule has 0 bridgehead atoms. The van der Waals surface area contributed by atoms with Crippen LogP contribution in [0.25, 0.3) is 44.2 Å². The van der Waals surface area contributed by atoms with Crippen LogP contribution in [0.15, 0.2) is 96.5 Å². The zero-order chi connectivity index (χ0) is 23.6. The number of para-hydroxylation sites is 3. The van der Waals surface area contributed by atoms with Gasteiger partial charge in [-0.3, -0.25) is 14.0 Å². The van der Waals surface area contributed by atoms with Gasteiger partial charge in [-0.05, 0) is 42.5 Å². The Morgan fingerprint density at radius 3 is 2.49 bits per heavy atom. The summed E-state index contributed by atoms with van der Waals surface area (Å²) in [5.41, 5.74) is 7.63. The minimum Gasteiger partial charge on any atom is -0.478 e. The van der Waals surface area contributed by atoms with E-state index in [9.17, 15) is 0 Å². The molecule has 2 aromatic carbocycles. The van der Waals surface area contributed by atoms with Gasteiger partial charge in [0.2, 0.25) is 5.78 Å². The fourth-order valence-electron chi connectivity index (χ4n) is 5.19. The molecule has 0 N–H and O–H groups in total. The molecule has 0 amide bonds. The van der Waals surface area contributed by atoms with Gasteiger partial charge in [0.25, 0.3) is 0 Å². The molecule has 0 saturated carbocycles. The molecular weight excluding hydrogens is 657 g/mol. The smallest absolute Gasteiger partial charge is 0.222 e. The van der Waals surface area contributed by atoms with Crippen LogP contribution in [0.3, 0.4) is 0 Å². The minimum atomic E-state index is 0. The number of hydrogen-bond donors (Lipinski definition) is 0. The monoisotopic (exact) mass is 676 g/mol. The van der Waals surface area contributed by atoms with E-state index in [4.69, 9.17) is 9.97 Å². The number of aromatic nitrogens is 5. The maximum atomic E-state index is 5.16.